The zero-order valence-corrected chi connectivity index (χ0v) is 17.0. The lowest BCUT2D eigenvalue weighted by Gasteiger charge is -2.29. The first-order valence-electron chi connectivity index (χ1n) is 10.5. The topological polar surface area (TPSA) is 9.23 Å². The molecule has 0 saturated heterocycles. The van der Waals surface area contributed by atoms with E-state index in [9.17, 15) is 13.2 Å². The summed E-state index contributed by atoms with van der Waals surface area (Å²) in [4.78, 5) is 0. The third-order valence-electron chi connectivity index (χ3n) is 6.06. The van der Waals surface area contributed by atoms with Crippen molar-refractivity contribution in [3.8, 4) is 16.9 Å². The molecule has 0 aromatic heterocycles. The Bertz CT molecular complexity index is 782. The predicted molar refractivity (Wildman–Crippen MR) is 112 cm³/mol. The van der Waals surface area contributed by atoms with Crippen LogP contribution in [0.2, 0.25) is 0 Å². The van der Waals surface area contributed by atoms with Gasteiger partial charge in [0.1, 0.15) is 5.75 Å². The second-order valence-electron chi connectivity index (χ2n) is 8.05. The molecular weight excluding hydrogens is 373 g/mol. The summed E-state index contributed by atoms with van der Waals surface area (Å²) < 4.78 is 40.8. The number of halogens is 3. The molecule has 1 aliphatic rings. The van der Waals surface area contributed by atoms with Crippen LogP contribution in [-0.2, 0) is 0 Å². The van der Waals surface area contributed by atoms with Crippen molar-refractivity contribution in [3.05, 3.63) is 66.2 Å². The van der Waals surface area contributed by atoms with E-state index in [0.29, 0.717) is 5.92 Å². The minimum absolute atomic E-state index is 0.197. The molecule has 2 aromatic rings. The fraction of sp³-hybridized carbons (Fsp3) is 0.440. The van der Waals surface area contributed by atoms with Gasteiger partial charge in [-0.25, -0.2) is 0 Å². The molecule has 29 heavy (non-hydrogen) atoms. The molecule has 0 aliphatic heterocycles. The van der Waals surface area contributed by atoms with Gasteiger partial charge in [-0.15, -0.1) is 13.2 Å². The molecule has 1 aliphatic carbocycles. The molecule has 2 aromatic carbocycles. The van der Waals surface area contributed by atoms with E-state index >= 15 is 0 Å². The Morgan fingerprint density at radius 2 is 1.48 bits per heavy atom. The zero-order valence-electron chi connectivity index (χ0n) is 17.0. The maximum absolute atomic E-state index is 12.3. The van der Waals surface area contributed by atoms with Crippen LogP contribution >= 0.6 is 0 Å². The van der Waals surface area contributed by atoms with E-state index in [-0.39, 0.29) is 5.75 Å². The van der Waals surface area contributed by atoms with Crippen molar-refractivity contribution < 1.29 is 17.9 Å². The summed E-state index contributed by atoms with van der Waals surface area (Å²) in [5, 5.41) is 0. The Labute approximate surface area is 171 Å². The van der Waals surface area contributed by atoms with Crippen molar-refractivity contribution in [2.24, 2.45) is 5.92 Å². The van der Waals surface area contributed by atoms with Crippen molar-refractivity contribution >= 4 is 0 Å². The zero-order chi connectivity index (χ0) is 20.9. The minimum Gasteiger partial charge on any atom is -0.406 e. The SMILES string of the molecule is C=C(CC)CCC1CCC(c2ccc(-c3ccc(OC(F)(F)F)cc3)cc2)CC1. The highest BCUT2D eigenvalue weighted by atomic mass is 19.4. The highest BCUT2D eigenvalue weighted by Crippen LogP contribution is 2.38. The van der Waals surface area contributed by atoms with Gasteiger partial charge in [0.2, 0.25) is 0 Å². The normalized spacial score (nSPS) is 19.7. The van der Waals surface area contributed by atoms with Gasteiger partial charge in [-0.2, -0.15) is 0 Å². The Morgan fingerprint density at radius 1 is 0.931 bits per heavy atom. The maximum atomic E-state index is 12.3. The fourth-order valence-electron chi connectivity index (χ4n) is 4.17. The average molecular weight is 403 g/mol. The Hall–Kier alpha value is -2.23. The first-order valence-corrected chi connectivity index (χ1v) is 10.5. The maximum Gasteiger partial charge on any atom is 0.573 e. The van der Waals surface area contributed by atoms with Crippen molar-refractivity contribution in [3.63, 3.8) is 0 Å². The van der Waals surface area contributed by atoms with Crippen LogP contribution in [0.15, 0.2) is 60.7 Å². The molecule has 3 rings (SSSR count). The third kappa shape index (κ3) is 6.38. The van der Waals surface area contributed by atoms with E-state index in [2.05, 4.69) is 42.5 Å². The Balaban J connectivity index is 1.55. The number of allylic oxidation sites excluding steroid dienone is 1. The van der Waals surface area contributed by atoms with Crippen molar-refractivity contribution in [2.45, 2.75) is 64.1 Å². The second kappa shape index (κ2) is 9.51. The quantitative estimate of drug-likeness (QED) is 0.423. The van der Waals surface area contributed by atoms with Gasteiger partial charge in [0.05, 0.1) is 0 Å². The molecule has 0 radical (unpaired) electrons. The van der Waals surface area contributed by atoms with E-state index in [1.165, 1.54) is 55.4 Å². The summed E-state index contributed by atoms with van der Waals surface area (Å²) >= 11 is 0. The van der Waals surface area contributed by atoms with Gasteiger partial charge in [0.25, 0.3) is 0 Å². The first kappa shape index (κ1) is 21.5. The average Bonchev–Trinajstić information content (AvgIpc) is 2.72. The standard InChI is InChI=1S/C25H29F3O/c1-3-18(2)4-5-19-6-8-20(9-7-19)21-10-12-22(13-11-21)23-14-16-24(17-15-23)29-25(26,27)28/h10-17,19-20H,2-9H2,1H3. The van der Waals surface area contributed by atoms with Crippen LogP contribution in [0.1, 0.15) is 63.4 Å². The van der Waals surface area contributed by atoms with Gasteiger partial charge in [-0.05, 0) is 85.6 Å². The first-order chi connectivity index (χ1) is 13.8. The number of rotatable bonds is 7. The molecule has 1 fully saturated rings. The lowest BCUT2D eigenvalue weighted by atomic mass is 9.76. The molecule has 0 heterocycles. The van der Waals surface area contributed by atoms with Crippen LogP contribution in [0.25, 0.3) is 11.1 Å². The third-order valence-corrected chi connectivity index (χ3v) is 6.06. The van der Waals surface area contributed by atoms with Crippen LogP contribution in [0.5, 0.6) is 5.75 Å². The number of hydrogen-bond donors (Lipinski definition) is 0. The summed E-state index contributed by atoms with van der Waals surface area (Å²) in [7, 11) is 0. The number of hydrogen-bond acceptors (Lipinski definition) is 1. The summed E-state index contributed by atoms with van der Waals surface area (Å²) in [5.74, 6) is 1.24. The van der Waals surface area contributed by atoms with Crippen molar-refractivity contribution in [2.75, 3.05) is 0 Å². The lowest BCUT2D eigenvalue weighted by Crippen LogP contribution is -2.16. The summed E-state index contributed by atoms with van der Waals surface area (Å²) in [6.07, 6.45) is 3.87. The molecule has 1 saturated carbocycles. The smallest absolute Gasteiger partial charge is 0.406 e. The monoisotopic (exact) mass is 402 g/mol. The summed E-state index contributed by atoms with van der Waals surface area (Å²) in [6, 6.07) is 14.5. The minimum atomic E-state index is -4.66. The van der Waals surface area contributed by atoms with Gasteiger partial charge in [-0.3, -0.25) is 0 Å². The van der Waals surface area contributed by atoms with Gasteiger partial charge >= 0.3 is 6.36 Å². The van der Waals surface area contributed by atoms with Crippen LogP contribution in [-0.4, -0.2) is 6.36 Å². The largest absolute Gasteiger partial charge is 0.573 e. The molecule has 0 bridgehead atoms. The Kier molecular flexibility index (Phi) is 7.05. The molecule has 0 spiro atoms. The predicted octanol–water partition coefficient (Wildman–Crippen LogP) is 8.27. The van der Waals surface area contributed by atoms with E-state index in [4.69, 9.17) is 0 Å². The number of ether oxygens (including phenoxy) is 1. The van der Waals surface area contributed by atoms with Crippen LogP contribution in [0, 0.1) is 5.92 Å². The summed E-state index contributed by atoms with van der Waals surface area (Å²) in [5.41, 5.74) is 4.60. The van der Waals surface area contributed by atoms with Gasteiger partial charge in [-0.1, -0.05) is 55.5 Å². The number of alkyl halides is 3. The van der Waals surface area contributed by atoms with E-state index in [1.807, 2.05) is 0 Å². The molecule has 0 atom stereocenters. The van der Waals surface area contributed by atoms with Gasteiger partial charge in [0.15, 0.2) is 0 Å². The highest BCUT2D eigenvalue weighted by Gasteiger charge is 2.31. The van der Waals surface area contributed by atoms with Crippen molar-refractivity contribution in [1.82, 2.24) is 0 Å². The van der Waals surface area contributed by atoms with E-state index < -0.39 is 6.36 Å². The molecular formula is C25H29F3O. The van der Waals surface area contributed by atoms with Crippen LogP contribution in [0.3, 0.4) is 0 Å². The number of benzene rings is 2. The van der Waals surface area contributed by atoms with Crippen molar-refractivity contribution in [1.29, 1.82) is 0 Å². The Morgan fingerprint density at radius 3 is 2.00 bits per heavy atom. The van der Waals surface area contributed by atoms with Gasteiger partial charge < -0.3 is 4.74 Å². The fourth-order valence-corrected chi connectivity index (χ4v) is 4.17. The summed E-state index contributed by atoms with van der Waals surface area (Å²) in [6.45, 7) is 6.29. The second-order valence-corrected chi connectivity index (χ2v) is 8.05. The molecule has 0 amide bonds. The molecule has 0 N–H and O–H groups in total. The molecule has 4 heteroatoms. The van der Waals surface area contributed by atoms with Gasteiger partial charge in [0, 0.05) is 0 Å². The molecule has 0 unspecified atom stereocenters. The van der Waals surface area contributed by atoms with Crippen LogP contribution < -0.4 is 4.74 Å². The van der Waals surface area contributed by atoms with E-state index in [1.54, 1.807) is 12.1 Å². The van der Waals surface area contributed by atoms with Crippen LogP contribution in [0.4, 0.5) is 13.2 Å². The molecule has 1 nitrogen and oxygen atoms in total. The highest BCUT2D eigenvalue weighted by molar-refractivity contribution is 5.64. The van der Waals surface area contributed by atoms with E-state index in [0.717, 1.165) is 29.9 Å². The lowest BCUT2D eigenvalue weighted by molar-refractivity contribution is -0.274. The molecule has 156 valence electrons.